The highest BCUT2D eigenvalue weighted by Crippen LogP contribution is 2.38. The Morgan fingerprint density at radius 2 is 1.80 bits per heavy atom. The van der Waals surface area contributed by atoms with E-state index in [1.54, 1.807) is 0 Å². The number of hydrogen-bond acceptors (Lipinski definition) is 7. The van der Waals surface area contributed by atoms with Crippen molar-refractivity contribution in [2.75, 3.05) is 40.5 Å². The number of nitriles is 1. The van der Waals surface area contributed by atoms with Crippen LogP contribution < -0.4 is 5.32 Å². The van der Waals surface area contributed by atoms with Crippen LogP contribution in [0.1, 0.15) is 54.3 Å². The van der Waals surface area contributed by atoms with Crippen molar-refractivity contribution >= 4 is 23.7 Å². The van der Waals surface area contributed by atoms with Gasteiger partial charge >= 0.3 is 18.0 Å². The van der Waals surface area contributed by atoms with Crippen molar-refractivity contribution in [1.82, 2.24) is 15.1 Å². The number of esters is 1. The van der Waals surface area contributed by atoms with Gasteiger partial charge in [-0.05, 0) is 60.9 Å². The maximum Gasteiger partial charge on any atom is 0.352 e. The summed E-state index contributed by atoms with van der Waals surface area (Å²) in [6.45, 7) is 1.65. The number of amides is 4. The molecular weight excluding hydrogens is 572 g/mol. The van der Waals surface area contributed by atoms with Gasteiger partial charge in [-0.25, -0.2) is 23.3 Å². The molecule has 1 N–H and O–H groups in total. The number of benzene rings is 2. The van der Waals surface area contributed by atoms with Crippen LogP contribution in [0.15, 0.2) is 47.5 Å². The Balaban J connectivity index is 1.22. The van der Waals surface area contributed by atoms with Crippen LogP contribution in [0.25, 0.3) is 0 Å². The number of nitrogens with zero attached hydrogens (tertiary/aromatic N) is 4. The number of aliphatic imine (C=N–C) groups is 1. The van der Waals surface area contributed by atoms with Crippen LogP contribution >= 0.6 is 0 Å². The van der Waals surface area contributed by atoms with E-state index in [-0.39, 0.29) is 30.3 Å². The Hall–Kier alpha value is -4.21. The minimum absolute atomic E-state index is 0.0172. The van der Waals surface area contributed by atoms with Crippen molar-refractivity contribution in [3.05, 3.63) is 70.8 Å². The van der Waals surface area contributed by atoms with E-state index >= 15 is 0 Å². The van der Waals surface area contributed by atoms with Gasteiger partial charge in [0.15, 0.2) is 11.6 Å². The lowest BCUT2D eigenvalue weighted by molar-refractivity contribution is -0.144. The van der Waals surface area contributed by atoms with Crippen LogP contribution in [-0.4, -0.2) is 80.0 Å². The number of likely N-dealkylation sites (tertiary alicyclic amines) is 1. The Kier molecular flexibility index (Phi) is 9.66. The molecule has 12 heteroatoms. The molecule has 4 amide bonds. The molecule has 0 aromatic heterocycles. The smallest absolute Gasteiger partial charge is 0.352 e. The molecule has 2 unspecified atom stereocenters. The molecule has 44 heavy (non-hydrogen) atoms. The number of methoxy groups -OCH3 is 2. The molecule has 2 atom stereocenters. The molecule has 5 rings (SSSR count). The molecular formula is C32H35F2N5O5. The van der Waals surface area contributed by atoms with Crippen LogP contribution in [0.5, 0.6) is 0 Å². The third-order valence-corrected chi connectivity index (χ3v) is 8.91. The number of urea groups is 2. The van der Waals surface area contributed by atoms with E-state index in [4.69, 9.17) is 9.47 Å². The van der Waals surface area contributed by atoms with Crippen LogP contribution in [0.3, 0.4) is 0 Å². The number of nitrogens with one attached hydrogen (secondary N) is 1. The monoisotopic (exact) mass is 607 g/mol. The summed E-state index contributed by atoms with van der Waals surface area (Å²) in [4.78, 5) is 46.6. The summed E-state index contributed by atoms with van der Waals surface area (Å²) in [5, 5.41) is 12.2. The lowest BCUT2D eigenvalue weighted by atomic mass is 9.78. The molecule has 0 spiro atoms. The number of hydrogen-bond donors (Lipinski definition) is 1. The fourth-order valence-corrected chi connectivity index (χ4v) is 6.67. The number of ether oxygens (including phenoxy) is 2. The van der Waals surface area contributed by atoms with Crippen molar-refractivity contribution in [3.8, 4) is 6.07 Å². The van der Waals surface area contributed by atoms with E-state index in [9.17, 15) is 28.4 Å². The molecule has 0 radical (unpaired) electrons. The lowest BCUT2D eigenvalue weighted by Crippen LogP contribution is -2.58. The zero-order valence-electron chi connectivity index (χ0n) is 24.7. The fourth-order valence-electron chi connectivity index (χ4n) is 6.67. The van der Waals surface area contributed by atoms with Crippen molar-refractivity contribution in [2.45, 2.75) is 43.7 Å². The van der Waals surface area contributed by atoms with Crippen LogP contribution in [-0.2, 0) is 14.3 Å². The minimum Gasteiger partial charge on any atom is -0.468 e. The van der Waals surface area contributed by atoms with Gasteiger partial charge < -0.3 is 14.8 Å². The van der Waals surface area contributed by atoms with Gasteiger partial charge in [0.1, 0.15) is 5.92 Å². The van der Waals surface area contributed by atoms with Gasteiger partial charge in [0.2, 0.25) is 0 Å². The summed E-state index contributed by atoms with van der Waals surface area (Å²) in [6.07, 6.45) is 4.07. The van der Waals surface area contributed by atoms with E-state index in [1.807, 2.05) is 24.3 Å². The zero-order valence-corrected chi connectivity index (χ0v) is 24.7. The average molecular weight is 608 g/mol. The molecule has 1 saturated heterocycles. The Morgan fingerprint density at radius 3 is 2.45 bits per heavy atom. The molecule has 1 saturated carbocycles. The summed E-state index contributed by atoms with van der Waals surface area (Å²) in [7, 11) is 2.50. The summed E-state index contributed by atoms with van der Waals surface area (Å²) >= 11 is 0. The molecule has 0 bridgehead atoms. The Morgan fingerprint density at radius 1 is 1.07 bits per heavy atom. The van der Waals surface area contributed by atoms with E-state index in [2.05, 4.69) is 21.3 Å². The van der Waals surface area contributed by atoms with Gasteiger partial charge in [-0.1, -0.05) is 24.3 Å². The molecule has 10 nitrogen and oxygen atoms in total. The first-order chi connectivity index (χ1) is 21.2. The molecule has 2 fully saturated rings. The van der Waals surface area contributed by atoms with E-state index in [1.165, 1.54) is 13.2 Å². The number of imide groups is 1. The molecule has 3 aliphatic rings. The van der Waals surface area contributed by atoms with E-state index in [0.29, 0.717) is 12.0 Å². The summed E-state index contributed by atoms with van der Waals surface area (Å²) in [6, 6.07) is 10.4. The van der Waals surface area contributed by atoms with Crippen LogP contribution in [0, 0.1) is 34.8 Å². The second-order valence-electron chi connectivity index (χ2n) is 11.5. The average Bonchev–Trinajstić information content (AvgIpc) is 3.01. The molecule has 2 aromatic carbocycles. The maximum atomic E-state index is 14.3. The first-order valence-electron chi connectivity index (χ1n) is 14.7. The second kappa shape index (κ2) is 13.6. The van der Waals surface area contributed by atoms with Crippen molar-refractivity contribution in [3.63, 3.8) is 0 Å². The highest BCUT2D eigenvalue weighted by molar-refractivity contribution is 6.12. The van der Waals surface area contributed by atoms with Gasteiger partial charge in [0.25, 0.3) is 0 Å². The molecule has 1 aliphatic carbocycles. The van der Waals surface area contributed by atoms with Crippen molar-refractivity contribution in [2.24, 2.45) is 16.8 Å². The van der Waals surface area contributed by atoms with Crippen LogP contribution in [0.4, 0.5) is 18.4 Å². The van der Waals surface area contributed by atoms with Gasteiger partial charge in [-0.15, -0.1) is 0 Å². The Bertz CT molecular complexity index is 1480. The lowest BCUT2D eigenvalue weighted by Gasteiger charge is -2.47. The third-order valence-electron chi connectivity index (χ3n) is 8.91. The predicted molar refractivity (Wildman–Crippen MR) is 156 cm³/mol. The van der Waals surface area contributed by atoms with Gasteiger partial charge in [0, 0.05) is 38.7 Å². The highest BCUT2D eigenvalue weighted by atomic mass is 19.2. The zero-order chi connectivity index (χ0) is 31.4. The normalized spacial score (nSPS) is 24.2. The first kappa shape index (κ1) is 31.2. The van der Waals surface area contributed by atoms with Crippen LogP contribution in [0.2, 0.25) is 0 Å². The summed E-state index contributed by atoms with van der Waals surface area (Å²) in [5.74, 6) is -3.84. The topological polar surface area (TPSA) is 124 Å². The van der Waals surface area contributed by atoms with E-state index < -0.39 is 41.6 Å². The largest absolute Gasteiger partial charge is 0.468 e. The SMILES string of the molecule is COCC1=NC(=O)N(C(=O)NCC2CN(C3CCC(c4ccccc4C#N)CC3)C2)C(c2ccc(F)c(F)c2)C1C(=O)OC. The second-order valence-corrected chi connectivity index (χ2v) is 11.5. The predicted octanol–water partition coefficient (Wildman–Crippen LogP) is 4.56. The third kappa shape index (κ3) is 6.34. The molecule has 2 aromatic rings. The number of carbonyl (C=O) groups is 3. The summed E-state index contributed by atoms with van der Waals surface area (Å²) in [5.41, 5.74) is 1.92. The van der Waals surface area contributed by atoms with Gasteiger partial charge in [-0.3, -0.25) is 9.69 Å². The highest BCUT2D eigenvalue weighted by Gasteiger charge is 2.47. The maximum absolute atomic E-state index is 14.3. The minimum atomic E-state index is -1.33. The number of rotatable bonds is 8. The standard InChI is InChI=1S/C32H35F2N5O5/c1-43-18-27-28(30(40)44-2)29(21-9-12-25(33)26(34)13-21)39(32(42)37-27)31(41)36-15-19-16-38(17-19)23-10-7-20(8-11-23)24-6-4-3-5-22(24)14-35/h3-6,9,12-13,19-20,23,28-29H,7-8,10-11,15-18H2,1-2H3,(H,36,41). The van der Waals surface area contributed by atoms with Crippen molar-refractivity contribution < 1.29 is 32.6 Å². The summed E-state index contributed by atoms with van der Waals surface area (Å²) < 4.78 is 38.1. The number of carbonyl (C=O) groups excluding carboxylic acids is 3. The molecule has 2 heterocycles. The Labute approximate surface area is 254 Å². The molecule has 232 valence electrons. The van der Waals surface area contributed by atoms with Gasteiger partial charge in [-0.2, -0.15) is 10.3 Å². The van der Waals surface area contributed by atoms with Gasteiger partial charge in [0.05, 0.1) is 37.1 Å². The quantitative estimate of drug-likeness (QED) is 0.437. The fraction of sp³-hybridized carbons (Fsp3) is 0.469. The van der Waals surface area contributed by atoms with E-state index in [0.717, 1.165) is 74.0 Å². The number of halogens is 2. The first-order valence-corrected chi connectivity index (χ1v) is 14.7. The van der Waals surface area contributed by atoms with Crippen molar-refractivity contribution in [1.29, 1.82) is 5.26 Å². The molecule has 2 aliphatic heterocycles.